The first-order chi connectivity index (χ1) is 20.9. The van der Waals surface area contributed by atoms with E-state index in [-0.39, 0.29) is 24.3 Å². The number of rotatable bonds is 7. The van der Waals surface area contributed by atoms with Crippen LogP contribution in [-0.4, -0.2) is 98.4 Å². The lowest BCUT2D eigenvalue weighted by Gasteiger charge is -2.38. The first kappa shape index (κ1) is 28.7. The molecule has 2 aromatic heterocycles. The van der Waals surface area contributed by atoms with Gasteiger partial charge in [-0.05, 0) is 54.9 Å². The summed E-state index contributed by atoms with van der Waals surface area (Å²) < 4.78 is 1.86. The average Bonchev–Trinajstić information content (AvgIpc) is 3.44. The van der Waals surface area contributed by atoms with Crippen molar-refractivity contribution in [2.24, 2.45) is 0 Å². The van der Waals surface area contributed by atoms with Crippen LogP contribution in [0.15, 0.2) is 54.9 Å². The number of urea groups is 1. The quantitative estimate of drug-likeness (QED) is 0.434. The SMILES string of the molecule is O=C1CCN(c2cnc3cc(C4CCN(C(=O)CN5CCC(N(Cc6ccccc6)C(=O)O)CC5)CC4)ccn23)C(=O)N1. The van der Waals surface area contributed by atoms with E-state index in [9.17, 15) is 24.3 Å². The number of pyridine rings is 1. The molecule has 1 aromatic carbocycles. The predicted molar refractivity (Wildman–Crippen MR) is 159 cm³/mol. The van der Waals surface area contributed by atoms with E-state index in [4.69, 9.17) is 0 Å². The van der Waals surface area contributed by atoms with Crippen molar-refractivity contribution in [3.8, 4) is 0 Å². The molecule has 3 aliphatic heterocycles. The van der Waals surface area contributed by atoms with Crippen LogP contribution in [0.5, 0.6) is 0 Å². The molecule has 0 spiro atoms. The van der Waals surface area contributed by atoms with Gasteiger partial charge in [-0.15, -0.1) is 0 Å². The third kappa shape index (κ3) is 6.34. The Morgan fingerprint density at radius 1 is 0.977 bits per heavy atom. The van der Waals surface area contributed by atoms with Crippen LogP contribution in [0.3, 0.4) is 0 Å². The summed E-state index contributed by atoms with van der Waals surface area (Å²) in [4.78, 5) is 60.6. The molecule has 0 unspecified atom stereocenters. The van der Waals surface area contributed by atoms with Crippen LogP contribution in [0.1, 0.15) is 49.1 Å². The molecule has 43 heavy (non-hydrogen) atoms. The Morgan fingerprint density at radius 3 is 2.42 bits per heavy atom. The topological polar surface area (TPSA) is 131 Å². The maximum Gasteiger partial charge on any atom is 0.407 e. The van der Waals surface area contributed by atoms with Crippen LogP contribution >= 0.6 is 0 Å². The molecule has 0 atom stereocenters. The van der Waals surface area contributed by atoms with Crippen molar-refractivity contribution < 1.29 is 24.3 Å². The van der Waals surface area contributed by atoms with Crippen molar-refractivity contribution in [1.29, 1.82) is 0 Å². The normalized spacial score (nSPS) is 19.1. The smallest absolute Gasteiger partial charge is 0.407 e. The van der Waals surface area contributed by atoms with Gasteiger partial charge in [-0.1, -0.05) is 30.3 Å². The van der Waals surface area contributed by atoms with Gasteiger partial charge < -0.3 is 14.9 Å². The fraction of sp³-hybridized carbons (Fsp3) is 0.452. The highest BCUT2D eigenvalue weighted by Gasteiger charge is 2.31. The number of carboxylic acid groups (broad SMARTS) is 1. The highest BCUT2D eigenvalue weighted by Crippen LogP contribution is 2.30. The van der Waals surface area contributed by atoms with Gasteiger partial charge in [0.05, 0.1) is 12.7 Å². The fourth-order valence-electron chi connectivity index (χ4n) is 6.50. The highest BCUT2D eigenvalue weighted by atomic mass is 16.4. The molecule has 0 saturated carbocycles. The molecule has 3 aromatic rings. The van der Waals surface area contributed by atoms with Crippen LogP contribution in [0.25, 0.3) is 5.65 Å². The zero-order valence-electron chi connectivity index (χ0n) is 24.1. The number of aromatic nitrogens is 2. The minimum Gasteiger partial charge on any atom is -0.465 e. The second-order valence-electron chi connectivity index (χ2n) is 11.6. The molecule has 12 heteroatoms. The minimum absolute atomic E-state index is 0.0514. The van der Waals surface area contributed by atoms with Crippen molar-refractivity contribution in [3.05, 3.63) is 66.0 Å². The number of anilines is 1. The summed E-state index contributed by atoms with van der Waals surface area (Å²) >= 11 is 0. The molecule has 3 fully saturated rings. The van der Waals surface area contributed by atoms with Crippen molar-refractivity contribution in [1.82, 2.24) is 29.4 Å². The van der Waals surface area contributed by atoms with Gasteiger partial charge in [-0.3, -0.25) is 29.1 Å². The summed E-state index contributed by atoms with van der Waals surface area (Å²) in [5, 5.41) is 12.2. The minimum atomic E-state index is -0.902. The number of hydrogen-bond donors (Lipinski definition) is 2. The molecule has 5 heterocycles. The number of likely N-dealkylation sites (tertiary alicyclic amines) is 2. The standard InChI is InChI=1S/C31H37N7O5/c39-27-11-17-37(30(41)33-27)28-19-32-26-18-24(8-16-36(26)28)23-6-14-35(15-7-23)29(40)21-34-12-9-25(10-13-34)38(31(42)43)20-22-4-2-1-3-5-22/h1-5,8,16,18-19,23,25H,6-7,9-15,17,20-21H2,(H,42,43)(H,33,39,41). The molecule has 226 valence electrons. The first-order valence-electron chi connectivity index (χ1n) is 15.0. The molecule has 3 saturated heterocycles. The van der Waals surface area contributed by atoms with Gasteiger partial charge in [-0.2, -0.15) is 0 Å². The van der Waals surface area contributed by atoms with Gasteiger partial charge in [0, 0.05) is 57.9 Å². The number of imidazole rings is 1. The molecule has 2 N–H and O–H groups in total. The van der Waals surface area contributed by atoms with Crippen molar-refractivity contribution >= 4 is 35.4 Å². The molecular weight excluding hydrogens is 550 g/mol. The van der Waals surface area contributed by atoms with Crippen LogP contribution in [-0.2, 0) is 16.1 Å². The van der Waals surface area contributed by atoms with Gasteiger partial charge >= 0.3 is 12.1 Å². The van der Waals surface area contributed by atoms with Crippen LogP contribution in [0.4, 0.5) is 15.4 Å². The zero-order valence-corrected chi connectivity index (χ0v) is 24.1. The Bertz CT molecular complexity index is 1490. The van der Waals surface area contributed by atoms with E-state index in [1.54, 1.807) is 6.20 Å². The number of nitrogens with zero attached hydrogens (tertiary/aromatic N) is 6. The van der Waals surface area contributed by atoms with Crippen LogP contribution < -0.4 is 10.2 Å². The summed E-state index contributed by atoms with van der Waals surface area (Å²) in [6.45, 7) is 3.84. The summed E-state index contributed by atoms with van der Waals surface area (Å²) in [7, 11) is 0. The van der Waals surface area contributed by atoms with E-state index in [0.717, 1.165) is 29.6 Å². The highest BCUT2D eigenvalue weighted by molar-refractivity contribution is 6.05. The number of fused-ring (bicyclic) bond motifs is 1. The Hall–Kier alpha value is -4.45. The zero-order chi connectivity index (χ0) is 29.9. The number of hydrogen-bond acceptors (Lipinski definition) is 6. The number of imide groups is 1. The summed E-state index contributed by atoms with van der Waals surface area (Å²) in [6, 6.07) is 13.3. The third-order valence-corrected chi connectivity index (χ3v) is 8.97. The molecule has 0 aliphatic carbocycles. The molecular formula is C31H37N7O5. The Morgan fingerprint density at radius 2 is 1.72 bits per heavy atom. The van der Waals surface area contributed by atoms with E-state index in [1.807, 2.05) is 51.9 Å². The van der Waals surface area contributed by atoms with Crippen LogP contribution in [0, 0.1) is 0 Å². The molecule has 3 aliphatic rings. The Balaban J connectivity index is 0.987. The van der Waals surface area contributed by atoms with Gasteiger partial charge in [0.15, 0.2) is 0 Å². The van der Waals surface area contributed by atoms with Gasteiger partial charge in [0.2, 0.25) is 11.8 Å². The first-order valence-corrected chi connectivity index (χ1v) is 15.0. The third-order valence-electron chi connectivity index (χ3n) is 8.97. The van der Waals surface area contributed by atoms with Gasteiger partial charge in [0.1, 0.15) is 11.5 Å². The monoisotopic (exact) mass is 587 g/mol. The van der Waals surface area contributed by atoms with Gasteiger partial charge in [0.25, 0.3) is 0 Å². The second kappa shape index (κ2) is 12.4. The number of piperidine rings is 2. The largest absolute Gasteiger partial charge is 0.465 e. The van der Waals surface area contributed by atoms with Crippen molar-refractivity contribution in [2.45, 2.75) is 50.6 Å². The number of carbonyl (C=O) groups excluding carboxylic acids is 3. The summed E-state index contributed by atoms with van der Waals surface area (Å²) in [5.41, 5.74) is 2.88. The fourth-order valence-corrected chi connectivity index (χ4v) is 6.50. The summed E-state index contributed by atoms with van der Waals surface area (Å²) in [5.74, 6) is 0.798. The van der Waals surface area contributed by atoms with Crippen molar-refractivity contribution in [2.75, 3.05) is 44.2 Å². The van der Waals surface area contributed by atoms with E-state index in [2.05, 4.69) is 21.3 Å². The summed E-state index contributed by atoms with van der Waals surface area (Å²) in [6.07, 6.45) is 6.08. The van der Waals surface area contributed by atoms with E-state index in [0.29, 0.717) is 70.4 Å². The van der Waals surface area contributed by atoms with Crippen LogP contribution in [0.2, 0.25) is 0 Å². The van der Waals surface area contributed by atoms with Gasteiger partial charge in [-0.25, -0.2) is 14.6 Å². The van der Waals surface area contributed by atoms with Crippen molar-refractivity contribution in [3.63, 3.8) is 0 Å². The lowest BCUT2D eigenvalue weighted by Crippen LogP contribution is -2.50. The average molecular weight is 588 g/mol. The molecule has 0 radical (unpaired) electrons. The maximum atomic E-state index is 13.2. The van der Waals surface area contributed by atoms with E-state index in [1.165, 1.54) is 9.80 Å². The second-order valence-corrected chi connectivity index (χ2v) is 11.6. The maximum absolute atomic E-state index is 13.2. The van der Waals surface area contributed by atoms with E-state index < -0.39 is 12.1 Å². The number of benzene rings is 1. The molecule has 5 amide bonds. The van der Waals surface area contributed by atoms with E-state index >= 15 is 0 Å². The lowest BCUT2D eigenvalue weighted by molar-refractivity contribution is -0.134. The number of amides is 5. The molecule has 0 bridgehead atoms. The Labute approximate surface area is 249 Å². The molecule has 12 nitrogen and oxygen atoms in total. The molecule has 6 rings (SSSR count). The predicted octanol–water partition coefficient (Wildman–Crippen LogP) is 3.13. The number of nitrogens with one attached hydrogen (secondary N) is 1. The lowest BCUT2D eigenvalue weighted by atomic mass is 9.90. The number of carbonyl (C=O) groups is 4. The Kier molecular flexibility index (Phi) is 8.28.